The monoisotopic (exact) mass is 1370 g/mol. The van der Waals surface area contributed by atoms with Gasteiger partial charge in [0, 0.05) is 6.07 Å². The zero-order valence-corrected chi connectivity index (χ0v) is 60.5. The molecule has 0 aliphatic rings. The van der Waals surface area contributed by atoms with Crippen LogP contribution < -0.4 is 14.2 Å². The first kappa shape index (κ1) is 71.8. The zero-order valence-electron chi connectivity index (χ0n) is 60.5. The van der Waals surface area contributed by atoms with Gasteiger partial charge < -0.3 is 14.2 Å². The molecule has 0 aliphatic heterocycles. The van der Waals surface area contributed by atoms with E-state index in [1.165, 1.54) is 34.7 Å². The number of hydrogen-bond acceptors (Lipinski definition) is 17. The first-order chi connectivity index (χ1) is 50.4. The number of benzene rings is 10. The SMILES string of the molecule is COc1c(C)ccc2nc3c(C)c(C)ccc3nc12.COc1cc(C)cc2nc3c(C)cc(C)cc3nc12.COc1cc2nc3cc(C)c(C)cc3nc2cc1C.[C-]#[N+]c1c(C)c([N+]#[C-])c2nc3c([N+]#[C-])c(C#N)c(C)c(C#N)c3nc2c1C#N.[C-]#[N+]c1cc2nc3cc(C)c(C#N)cc3nc2cc1C. The van der Waals surface area contributed by atoms with Gasteiger partial charge in [0.1, 0.15) is 34.4 Å². The standard InChI is InChI=1S/C20H6N8.C16H10N4.3C16H16N2O/c1-9-11(6-21)16(26-5)20-17(12(9)7-22)27-18-13(8-23)14(24-3)10(2)15(25-4)19(18)28-20;1-9-4-13-15(6-11(9)8-17)19-14-5-10(2)12(18-3)7-16(14)20-13;1-9-5-12-13(6-10(9)2)18-15-8-16(19-4)11(3)7-14(15)17-12;1-9-5-11(3)15-12(6-9)18-16-13(17-15)7-10(2)8-14(16)19-4;1-9-5-7-12-14(11(9)3)17-13-8-6-10(2)16(19-4)15(13)18-12/h1-2H3;4-7H,1-2H3;3*5-8H,1-4H3. The number of aromatic nitrogens is 10. The van der Waals surface area contributed by atoms with E-state index in [2.05, 4.69) is 122 Å². The third kappa shape index (κ3) is 13.5. The Labute approximate surface area is 605 Å². The molecule has 0 unspecified atom stereocenters. The van der Waals surface area contributed by atoms with E-state index in [1.807, 2.05) is 107 Å². The second-order valence-corrected chi connectivity index (χ2v) is 25.3. The molecule has 21 nitrogen and oxygen atoms in total. The number of ether oxygens (including phenoxy) is 3. The second kappa shape index (κ2) is 29.4. The Morgan fingerprint density at radius 2 is 0.752 bits per heavy atom. The highest BCUT2D eigenvalue weighted by Gasteiger charge is 2.25. The lowest BCUT2D eigenvalue weighted by Crippen LogP contribution is -1.99. The van der Waals surface area contributed by atoms with Crippen molar-refractivity contribution >= 4 is 133 Å². The predicted molar refractivity (Wildman–Crippen MR) is 410 cm³/mol. The van der Waals surface area contributed by atoms with Crippen molar-refractivity contribution in [3.05, 3.63) is 237 Å². The molecule has 0 radical (unpaired) electrons. The fourth-order valence-corrected chi connectivity index (χ4v) is 12.4. The van der Waals surface area contributed by atoms with Gasteiger partial charge >= 0.3 is 0 Å². The number of hydrogen-bond donors (Lipinski definition) is 0. The summed E-state index contributed by atoms with van der Waals surface area (Å²) in [6.07, 6.45) is 0. The summed E-state index contributed by atoms with van der Waals surface area (Å²) < 4.78 is 16.2. The van der Waals surface area contributed by atoms with Crippen LogP contribution >= 0.6 is 0 Å². The number of rotatable bonds is 3. The van der Waals surface area contributed by atoms with Crippen molar-refractivity contribution in [3.63, 3.8) is 0 Å². The lowest BCUT2D eigenvalue weighted by molar-refractivity contribution is 0.412. The summed E-state index contributed by atoms with van der Waals surface area (Å²) in [6, 6.07) is 39.7. The van der Waals surface area contributed by atoms with Gasteiger partial charge in [-0.2, -0.15) is 21.0 Å². The Morgan fingerprint density at radius 1 is 0.286 bits per heavy atom. The van der Waals surface area contributed by atoms with Gasteiger partial charge in [-0.1, -0.05) is 25.1 Å². The predicted octanol–water partition coefficient (Wildman–Crippen LogP) is 19.6. The minimum absolute atomic E-state index is 0.00364. The largest absolute Gasteiger partial charge is 0.496 e. The summed E-state index contributed by atoms with van der Waals surface area (Å²) >= 11 is 0. The molecule has 0 aliphatic carbocycles. The van der Waals surface area contributed by atoms with Crippen LogP contribution in [0, 0.1) is 162 Å². The molecule has 0 saturated carbocycles. The highest BCUT2D eigenvalue weighted by atomic mass is 16.5. The van der Waals surface area contributed by atoms with Crippen LogP contribution in [-0.4, -0.2) is 71.2 Å². The van der Waals surface area contributed by atoms with E-state index in [9.17, 15) is 15.8 Å². The molecule has 10 aromatic carbocycles. The van der Waals surface area contributed by atoms with E-state index in [0.717, 1.165) is 128 Å². The first-order valence-corrected chi connectivity index (χ1v) is 32.7. The highest BCUT2D eigenvalue weighted by Crippen LogP contribution is 2.43. The van der Waals surface area contributed by atoms with Gasteiger partial charge in [0.15, 0.2) is 11.4 Å². The summed E-state index contributed by atoms with van der Waals surface area (Å²) in [5.74, 6) is 2.44. The number of nitrogens with zero attached hydrogens (tertiary/aromatic N) is 18. The third-order valence-electron chi connectivity index (χ3n) is 18.3. The maximum Gasteiger partial charge on any atom is 0.232 e. The van der Waals surface area contributed by atoms with Crippen LogP contribution in [0.2, 0.25) is 0 Å². The molecule has 0 fully saturated rings. The molecule has 5 aromatic heterocycles. The van der Waals surface area contributed by atoms with E-state index >= 15 is 0 Å². The molecular weight excluding hydrogens is 1310 g/mol. The van der Waals surface area contributed by atoms with Crippen molar-refractivity contribution < 1.29 is 14.2 Å². The second-order valence-electron chi connectivity index (χ2n) is 25.3. The molecule has 0 amide bonds. The summed E-state index contributed by atoms with van der Waals surface area (Å²) in [6.45, 7) is 54.9. The van der Waals surface area contributed by atoms with Crippen LogP contribution in [-0.2, 0) is 0 Å². The molecular formula is C84H64N18O3. The molecule has 15 rings (SSSR count). The molecule has 105 heavy (non-hydrogen) atoms. The normalized spacial score (nSPS) is 10.6. The first-order valence-electron chi connectivity index (χ1n) is 32.7. The van der Waals surface area contributed by atoms with Crippen LogP contribution in [0.15, 0.2) is 97.1 Å². The van der Waals surface area contributed by atoms with Gasteiger partial charge in [0.2, 0.25) is 11.4 Å². The molecule has 0 N–H and O–H groups in total. The van der Waals surface area contributed by atoms with Crippen LogP contribution in [0.3, 0.4) is 0 Å². The van der Waals surface area contributed by atoms with Crippen LogP contribution in [0.4, 0.5) is 22.7 Å². The average Bonchev–Trinajstić information content (AvgIpc) is 0.727. The zero-order chi connectivity index (χ0) is 75.6. The van der Waals surface area contributed by atoms with Crippen molar-refractivity contribution in [2.24, 2.45) is 0 Å². The van der Waals surface area contributed by atoms with Gasteiger partial charge in [-0.05, 0) is 228 Å². The Hall–Kier alpha value is -14.5. The van der Waals surface area contributed by atoms with Crippen LogP contribution in [0.25, 0.3) is 130 Å². The smallest absolute Gasteiger partial charge is 0.232 e. The Balaban J connectivity index is 0.000000132. The molecule has 21 heteroatoms. The van der Waals surface area contributed by atoms with Crippen molar-refractivity contribution in [1.82, 2.24) is 49.8 Å². The van der Waals surface area contributed by atoms with Crippen LogP contribution in [0.1, 0.15) is 94.6 Å². The number of nitriles is 4. The van der Waals surface area contributed by atoms with Gasteiger partial charge in [0.25, 0.3) is 0 Å². The Bertz CT molecular complexity index is 6450. The summed E-state index contributed by atoms with van der Waals surface area (Å²) in [5.41, 5.74) is 28.0. The molecule has 15 aromatic rings. The van der Waals surface area contributed by atoms with E-state index in [4.69, 9.17) is 70.7 Å². The minimum atomic E-state index is -0.0650. The Morgan fingerprint density at radius 3 is 1.31 bits per heavy atom. The number of aryl methyl sites for hydroxylation is 11. The van der Waals surface area contributed by atoms with Gasteiger partial charge in [-0.3, -0.25) is 4.98 Å². The minimum Gasteiger partial charge on any atom is -0.496 e. The summed E-state index contributed by atoms with van der Waals surface area (Å²) in [7, 11) is 5.02. The fraction of sp³-hybridized carbons (Fsp3) is 0.190. The van der Waals surface area contributed by atoms with E-state index in [1.54, 1.807) is 40.4 Å². The van der Waals surface area contributed by atoms with E-state index in [-0.39, 0.29) is 55.8 Å². The number of methoxy groups -OCH3 is 3. The lowest BCUT2D eigenvalue weighted by Gasteiger charge is -2.13. The Kier molecular flexibility index (Phi) is 20.1. The summed E-state index contributed by atoms with van der Waals surface area (Å²) in [4.78, 5) is 59.8. The van der Waals surface area contributed by atoms with Crippen LogP contribution in [0.5, 0.6) is 17.2 Å². The average molecular weight is 1370 g/mol. The molecule has 5 heterocycles. The summed E-state index contributed by atoms with van der Waals surface area (Å²) in [5, 5.41) is 37.7. The van der Waals surface area contributed by atoms with Crippen molar-refractivity contribution in [2.75, 3.05) is 21.3 Å². The maximum absolute atomic E-state index is 9.58. The molecule has 0 atom stereocenters. The number of fused-ring (bicyclic) bond motifs is 10. The topological polar surface area (TPSA) is 269 Å². The molecule has 0 spiro atoms. The van der Waals surface area contributed by atoms with Gasteiger partial charge in [-0.15, -0.1) is 0 Å². The van der Waals surface area contributed by atoms with E-state index < -0.39 is 0 Å². The van der Waals surface area contributed by atoms with Gasteiger partial charge in [-0.25, -0.2) is 64.2 Å². The lowest BCUT2D eigenvalue weighted by atomic mass is 9.98. The van der Waals surface area contributed by atoms with Crippen molar-refractivity contribution in [3.8, 4) is 41.5 Å². The highest BCUT2D eigenvalue weighted by molar-refractivity contribution is 6.07. The van der Waals surface area contributed by atoms with E-state index in [0.29, 0.717) is 33.4 Å². The van der Waals surface area contributed by atoms with Crippen molar-refractivity contribution in [2.45, 2.75) is 90.0 Å². The van der Waals surface area contributed by atoms with Crippen molar-refractivity contribution in [1.29, 1.82) is 21.0 Å². The maximum atomic E-state index is 9.58. The fourth-order valence-electron chi connectivity index (χ4n) is 12.4. The van der Waals surface area contributed by atoms with Gasteiger partial charge in [0.05, 0.1) is 187 Å². The molecule has 0 saturated heterocycles. The molecule has 508 valence electrons. The third-order valence-corrected chi connectivity index (χ3v) is 18.3. The quantitative estimate of drug-likeness (QED) is 0.117. The molecule has 0 bridgehead atoms.